The zero-order valence-electron chi connectivity index (χ0n) is 10.1. The highest BCUT2D eigenvalue weighted by molar-refractivity contribution is 5.74. The molecule has 1 aliphatic heterocycles. The Balaban J connectivity index is 1.81. The Labute approximate surface area is 108 Å². The zero-order valence-corrected chi connectivity index (χ0v) is 10.1. The van der Waals surface area contributed by atoms with Gasteiger partial charge in [-0.05, 0) is 6.07 Å². The molecule has 0 spiro atoms. The Morgan fingerprint density at radius 3 is 2.95 bits per heavy atom. The average molecular weight is 263 g/mol. The van der Waals surface area contributed by atoms with Gasteiger partial charge in [-0.15, -0.1) is 0 Å². The largest absolute Gasteiger partial charge is 0.439 e. The first-order valence-corrected chi connectivity index (χ1v) is 5.97. The predicted octanol–water partition coefficient (Wildman–Crippen LogP) is 2.24. The summed E-state index contributed by atoms with van der Waals surface area (Å²) in [5, 5.41) is 8.74. The van der Waals surface area contributed by atoms with E-state index in [2.05, 4.69) is 4.98 Å². The molecule has 0 aliphatic carbocycles. The van der Waals surface area contributed by atoms with E-state index in [1.807, 2.05) is 4.90 Å². The predicted molar refractivity (Wildman–Crippen MR) is 63.4 cm³/mol. The summed E-state index contributed by atoms with van der Waals surface area (Å²) in [6.45, 7) is 1.55. The van der Waals surface area contributed by atoms with Crippen LogP contribution in [-0.2, 0) is 6.54 Å². The number of fused-ring (bicyclic) bond motifs is 1. The molecular weight excluding hydrogens is 252 g/mol. The lowest BCUT2D eigenvalue weighted by molar-refractivity contribution is 0.0661. The van der Waals surface area contributed by atoms with Crippen molar-refractivity contribution < 1.29 is 13.2 Å². The fourth-order valence-corrected chi connectivity index (χ4v) is 2.24. The first-order chi connectivity index (χ1) is 9.19. The second kappa shape index (κ2) is 4.59. The monoisotopic (exact) mass is 263 g/mol. The normalized spacial score (nSPS) is 16.5. The lowest BCUT2D eigenvalue weighted by Crippen LogP contribution is -2.46. The Bertz CT molecular complexity index is 656. The second-order valence-corrected chi connectivity index (χ2v) is 4.73. The average Bonchev–Trinajstić information content (AvgIpc) is 2.73. The van der Waals surface area contributed by atoms with E-state index < -0.39 is 5.82 Å². The van der Waals surface area contributed by atoms with E-state index in [1.165, 1.54) is 12.1 Å². The number of rotatable bonds is 3. The van der Waals surface area contributed by atoms with Crippen LogP contribution in [0.3, 0.4) is 0 Å². The van der Waals surface area contributed by atoms with Gasteiger partial charge in [0, 0.05) is 25.1 Å². The van der Waals surface area contributed by atoms with Crippen molar-refractivity contribution in [2.45, 2.75) is 6.54 Å². The molecule has 1 saturated heterocycles. The van der Waals surface area contributed by atoms with Crippen molar-refractivity contribution in [2.75, 3.05) is 19.8 Å². The van der Waals surface area contributed by atoms with Crippen LogP contribution in [0.15, 0.2) is 16.5 Å². The van der Waals surface area contributed by atoms with Crippen molar-refractivity contribution in [3.05, 3.63) is 29.4 Å². The van der Waals surface area contributed by atoms with E-state index in [0.717, 1.165) is 0 Å². The first kappa shape index (κ1) is 12.1. The van der Waals surface area contributed by atoms with E-state index in [0.29, 0.717) is 36.6 Å². The lowest BCUT2D eigenvalue weighted by Gasteiger charge is -2.36. The third-order valence-corrected chi connectivity index (χ3v) is 3.25. The fourth-order valence-electron chi connectivity index (χ4n) is 2.24. The molecule has 0 N–H and O–H groups in total. The molecule has 1 fully saturated rings. The van der Waals surface area contributed by atoms with Gasteiger partial charge in [-0.1, -0.05) is 0 Å². The highest BCUT2D eigenvalue weighted by Crippen LogP contribution is 2.23. The van der Waals surface area contributed by atoms with Crippen LogP contribution in [0.25, 0.3) is 11.1 Å². The molecule has 3 rings (SSSR count). The number of oxazole rings is 1. The maximum atomic E-state index is 13.4. The van der Waals surface area contributed by atoms with Crippen LogP contribution in [0.1, 0.15) is 11.5 Å². The van der Waals surface area contributed by atoms with Crippen LogP contribution >= 0.6 is 0 Å². The Morgan fingerprint density at radius 1 is 1.47 bits per heavy atom. The van der Waals surface area contributed by atoms with Crippen LogP contribution in [0.2, 0.25) is 0 Å². The standard InChI is InChI=1S/C13H11F2N3O/c14-3-8-5-18(6-8)7-13-17-11-1-9(4-16)10(15)2-12(11)19-13/h1-2,8H,3,5-7H2. The van der Waals surface area contributed by atoms with Gasteiger partial charge < -0.3 is 4.42 Å². The number of aromatic nitrogens is 1. The number of nitrogens with zero attached hydrogens (tertiary/aromatic N) is 3. The lowest BCUT2D eigenvalue weighted by atomic mass is 10.0. The third kappa shape index (κ3) is 2.17. The van der Waals surface area contributed by atoms with Crippen molar-refractivity contribution in [1.82, 2.24) is 9.88 Å². The molecule has 2 heterocycles. The van der Waals surface area contributed by atoms with Crippen molar-refractivity contribution >= 4 is 11.1 Å². The third-order valence-electron chi connectivity index (χ3n) is 3.25. The summed E-state index contributed by atoms with van der Waals surface area (Å²) in [7, 11) is 0. The quantitative estimate of drug-likeness (QED) is 0.852. The SMILES string of the molecule is N#Cc1cc2nc(CN3CC(CF)C3)oc2cc1F. The molecule has 0 radical (unpaired) electrons. The molecular formula is C13H11F2N3O. The molecule has 1 aromatic heterocycles. The number of benzene rings is 1. The van der Waals surface area contributed by atoms with Crippen molar-refractivity contribution in [3.63, 3.8) is 0 Å². The van der Waals surface area contributed by atoms with Crippen LogP contribution in [0.4, 0.5) is 8.78 Å². The molecule has 0 unspecified atom stereocenters. The molecule has 98 valence electrons. The summed E-state index contributed by atoms with van der Waals surface area (Å²) in [6, 6.07) is 4.31. The van der Waals surface area contributed by atoms with Crippen molar-refractivity contribution in [1.29, 1.82) is 5.26 Å². The smallest absolute Gasteiger partial charge is 0.209 e. The van der Waals surface area contributed by atoms with Gasteiger partial charge in [-0.2, -0.15) is 5.26 Å². The van der Waals surface area contributed by atoms with Gasteiger partial charge in [-0.25, -0.2) is 9.37 Å². The van der Waals surface area contributed by atoms with Gasteiger partial charge in [0.2, 0.25) is 5.89 Å². The minimum Gasteiger partial charge on any atom is -0.439 e. The molecule has 4 nitrogen and oxygen atoms in total. The zero-order chi connectivity index (χ0) is 13.4. The Kier molecular flexibility index (Phi) is 2.91. The van der Waals surface area contributed by atoms with E-state index >= 15 is 0 Å². The maximum absolute atomic E-state index is 13.4. The molecule has 0 saturated carbocycles. The highest BCUT2D eigenvalue weighted by atomic mass is 19.1. The summed E-state index contributed by atoms with van der Waals surface area (Å²) < 4.78 is 31.1. The van der Waals surface area contributed by atoms with E-state index in [4.69, 9.17) is 9.68 Å². The number of alkyl halides is 1. The fraction of sp³-hybridized carbons (Fsp3) is 0.385. The van der Waals surface area contributed by atoms with Gasteiger partial charge in [0.1, 0.15) is 17.4 Å². The van der Waals surface area contributed by atoms with Gasteiger partial charge in [0.25, 0.3) is 0 Å². The maximum Gasteiger partial charge on any atom is 0.209 e. The summed E-state index contributed by atoms with van der Waals surface area (Å²) in [6.07, 6.45) is 0. The van der Waals surface area contributed by atoms with Crippen molar-refractivity contribution in [2.24, 2.45) is 5.92 Å². The molecule has 0 bridgehead atoms. The molecule has 19 heavy (non-hydrogen) atoms. The van der Waals surface area contributed by atoms with E-state index in [9.17, 15) is 8.78 Å². The van der Waals surface area contributed by atoms with Gasteiger partial charge in [0.05, 0.1) is 18.8 Å². The summed E-state index contributed by atoms with van der Waals surface area (Å²) in [5.41, 5.74) is 0.748. The minimum atomic E-state index is -0.612. The second-order valence-electron chi connectivity index (χ2n) is 4.73. The summed E-state index contributed by atoms with van der Waals surface area (Å²) >= 11 is 0. The molecule has 6 heteroatoms. The summed E-state index contributed by atoms with van der Waals surface area (Å²) in [5.74, 6) is -0.0482. The van der Waals surface area contributed by atoms with Crippen LogP contribution in [0, 0.1) is 23.1 Å². The minimum absolute atomic E-state index is 0.0474. The molecule has 0 atom stereocenters. The Hall–Kier alpha value is -2.00. The molecule has 0 amide bonds. The number of likely N-dealkylation sites (tertiary alicyclic amines) is 1. The highest BCUT2D eigenvalue weighted by Gasteiger charge is 2.27. The number of halogens is 2. The topological polar surface area (TPSA) is 53.1 Å². The van der Waals surface area contributed by atoms with Crippen molar-refractivity contribution in [3.8, 4) is 6.07 Å². The van der Waals surface area contributed by atoms with Crippen LogP contribution < -0.4 is 0 Å². The first-order valence-electron chi connectivity index (χ1n) is 5.97. The summed E-state index contributed by atoms with van der Waals surface area (Å²) in [4.78, 5) is 6.23. The van der Waals surface area contributed by atoms with Crippen LogP contribution in [0.5, 0.6) is 0 Å². The van der Waals surface area contributed by atoms with Gasteiger partial charge >= 0.3 is 0 Å². The number of nitriles is 1. The van der Waals surface area contributed by atoms with Gasteiger partial charge in [0.15, 0.2) is 5.58 Å². The molecule has 1 aliphatic rings. The van der Waals surface area contributed by atoms with Gasteiger partial charge in [-0.3, -0.25) is 9.29 Å². The Morgan fingerprint density at radius 2 is 2.26 bits per heavy atom. The number of hydrogen-bond donors (Lipinski definition) is 0. The van der Waals surface area contributed by atoms with Crippen LogP contribution in [-0.4, -0.2) is 29.6 Å². The molecule has 2 aromatic rings. The molecule has 1 aromatic carbocycles. The van der Waals surface area contributed by atoms with E-state index in [1.54, 1.807) is 6.07 Å². The van der Waals surface area contributed by atoms with E-state index in [-0.39, 0.29) is 18.2 Å². The number of hydrogen-bond acceptors (Lipinski definition) is 4.